The van der Waals surface area contributed by atoms with Crippen molar-refractivity contribution in [1.82, 2.24) is 0 Å². The molecular weight excluding hydrogens is 244 g/mol. The Morgan fingerprint density at radius 2 is 2.00 bits per heavy atom. The molecule has 0 aliphatic heterocycles. The maximum absolute atomic E-state index is 9.44. The van der Waals surface area contributed by atoms with Crippen LogP contribution in [-0.4, -0.2) is 12.6 Å². The number of benzene rings is 1. The second kappa shape index (κ2) is 6.79. The second-order valence-corrected chi connectivity index (χ2v) is 6.45. The van der Waals surface area contributed by atoms with Crippen LogP contribution in [0.5, 0.6) is 0 Å². The largest absolute Gasteiger partial charge is 0.367 e. The summed E-state index contributed by atoms with van der Waals surface area (Å²) in [5.74, 6) is 0.704. The molecule has 0 radical (unpaired) electrons. The molecule has 108 valence electrons. The van der Waals surface area contributed by atoms with E-state index < -0.39 is 0 Å². The summed E-state index contributed by atoms with van der Waals surface area (Å²) in [5.41, 5.74) is 3.15. The van der Waals surface area contributed by atoms with Crippen molar-refractivity contribution in [1.29, 1.82) is 5.26 Å². The molecule has 2 heteroatoms. The fourth-order valence-corrected chi connectivity index (χ4v) is 3.10. The number of hydrogen-bond acceptors (Lipinski definition) is 2. The van der Waals surface area contributed by atoms with Gasteiger partial charge in [-0.3, -0.25) is 0 Å². The first kappa shape index (κ1) is 14.9. The van der Waals surface area contributed by atoms with Crippen molar-refractivity contribution in [3.63, 3.8) is 0 Å². The minimum Gasteiger partial charge on any atom is -0.367 e. The summed E-state index contributed by atoms with van der Waals surface area (Å²) < 4.78 is 0. The minimum atomic E-state index is 0.628. The van der Waals surface area contributed by atoms with E-state index in [1.165, 1.54) is 37.7 Å². The van der Waals surface area contributed by atoms with E-state index in [1.807, 2.05) is 6.07 Å². The molecule has 0 unspecified atom stereocenters. The topological polar surface area (TPSA) is 27.0 Å². The molecule has 0 heterocycles. The molecule has 0 saturated heterocycles. The number of nitriles is 1. The van der Waals surface area contributed by atoms with Gasteiger partial charge in [-0.2, -0.15) is 5.26 Å². The predicted octanol–water partition coefficient (Wildman–Crippen LogP) is 4.66. The van der Waals surface area contributed by atoms with Crippen molar-refractivity contribution in [2.45, 2.75) is 58.9 Å². The van der Waals surface area contributed by atoms with Crippen LogP contribution >= 0.6 is 0 Å². The molecule has 0 amide bonds. The van der Waals surface area contributed by atoms with Crippen LogP contribution in [0.1, 0.15) is 57.1 Å². The van der Waals surface area contributed by atoms with E-state index in [9.17, 15) is 5.26 Å². The van der Waals surface area contributed by atoms with E-state index in [4.69, 9.17) is 0 Å². The van der Waals surface area contributed by atoms with E-state index >= 15 is 0 Å². The van der Waals surface area contributed by atoms with Crippen molar-refractivity contribution in [2.75, 3.05) is 11.4 Å². The number of aryl methyl sites for hydroxylation is 1. The average molecular weight is 270 g/mol. The summed E-state index contributed by atoms with van der Waals surface area (Å²) in [6.45, 7) is 7.67. The molecule has 20 heavy (non-hydrogen) atoms. The molecule has 0 bridgehead atoms. The van der Waals surface area contributed by atoms with Gasteiger partial charge in [0.25, 0.3) is 0 Å². The molecule has 0 atom stereocenters. The van der Waals surface area contributed by atoms with Crippen LogP contribution in [-0.2, 0) is 0 Å². The second-order valence-electron chi connectivity index (χ2n) is 6.45. The summed E-state index contributed by atoms with van der Waals surface area (Å²) in [4.78, 5) is 2.50. The lowest BCUT2D eigenvalue weighted by atomic mass is 10.0. The average Bonchev–Trinajstić information content (AvgIpc) is 2.94. The fraction of sp³-hybridized carbons (Fsp3) is 0.611. The van der Waals surface area contributed by atoms with Gasteiger partial charge in [0.2, 0.25) is 0 Å². The normalized spacial score (nSPS) is 15.6. The molecular formula is C18H26N2. The Morgan fingerprint density at radius 3 is 2.60 bits per heavy atom. The molecule has 1 aliphatic rings. The monoisotopic (exact) mass is 270 g/mol. The van der Waals surface area contributed by atoms with Crippen molar-refractivity contribution in [3.8, 4) is 6.07 Å². The Kier molecular flexibility index (Phi) is 5.06. The van der Waals surface area contributed by atoms with Crippen LogP contribution in [0.25, 0.3) is 0 Å². The smallest absolute Gasteiger partial charge is 0.101 e. The van der Waals surface area contributed by atoms with Gasteiger partial charge < -0.3 is 4.90 Å². The highest BCUT2D eigenvalue weighted by atomic mass is 15.2. The highest BCUT2D eigenvalue weighted by Gasteiger charge is 2.24. The number of nitrogens with zero attached hydrogens (tertiary/aromatic N) is 2. The van der Waals surface area contributed by atoms with Crippen LogP contribution < -0.4 is 4.90 Å². The van der Waals surface area contributed by atoms with Crippen LogP contribution in [0.15, 0.2) is 18.2 Å². The molecule has 0 N–H and O–H groups in total. The number of anilines is 1. The molecule has 2 nitrogen and oxygen atoms in total. The quantitative estimate of drug-likeness (QED) is 0.778. The molecule has 0 spiro atoms. The molecule has 1 fully saturated rings. The number of hydrogen-bond donors (Lipinski definition) is 0. The highest BCUT2D eigenvalue weighted by Crippen LogP contribution is 2.31. The molecule has 1 aliphatic carbocycles. The third-order valence-electron chi connectivity index (χ3n) is 4.29. The Morgan fingerprint density at radius 1 is 1.30 bits per heavy atom. The summed E-state index contributed by atoms with van der Waals surface area (Å²) in [7, 11) is 0. The SMILES string of the molecule is Cc1ccc(N(CCC(C)C)C2CCCC2)c(C#N)c1. The van der Waals surface area contributed by atoms with Gasteiger partial charge in [-0.1, -0.05) is 32.8 Å². The van der Waals surface area contributed by atoms with Crippen LogP contribution in [0.4, 0.5) is 5.69 Å². The van der Waals surface area contributed by atoms with Crippen molar-refractivity contribution < 1.29 is 0 Å². The van der Waals surface area contributed by atoms with E-state index in [1.54, 1.807) is 0 Å². The van der Waals surface area contributed by atoms with Crippen molar-refractivity contribution in [3.05, 3.63) is 29.3 Å². The van der Waals surface area contributed by atoms with Crippen molar-refractivity contribution >= 4 is 5.69 Å². The Bertz CT molecular complexity index is 479. The third-order valence-corrected chi connectivity index (χ3v) is 4.29. The van der Waals surface area contributed by atoms with E-state index in [0.717, 1.165) is 17.8 Å². The van der Waals surface area contributed by atoms with Gasteiger partial charge in [-0.05, 0) is 49.8 Å². The Hall–Kier alpha value is -1.49. The molecule has 1 aromatic carbocycles. The maximum Gasteiger partial charge on any atom is 0.101 e. The lowest BCUT2D eigenvalue weighted by Gasteiger charge is -2.32. The maximum atomic E-state index is 9.44. The van der Waals surface area contributed by atoms with Crippen molar-refractivity contribution in [2.24, 2.45) is 5.92 Å². The van der Waals surface area contributed by atoms with Crippen LogP contribution in [0.3, 0.4) is 0 Å². The standard InChI is InChI=1S/C18H26N2/c1-14(2)10-11-20(17-6-4-5-7-17)18-9-8-15(3)12-16(18)13-19/h8-9,12,14,17H,4-7,10-11H2,1-3H3. The molecule has 0 aromatic heterocycles. The van der Waals surface area contributed by atoms with Gasteiger partial charge in [-0.15, -0.1) is 0 Å². The first-order valence-corrected chi connectivity index (χ1v) is 7.89. The predicted molar refractivity (Wildman–Crippen MR) is 85.0 cm³/mol. The van der Waals surface area contributed by atoms with Gasteiger partial charge in [-0.25, -0.2) is 0 Å². The summed E-state index contributed by atoms with van der Waals surface area (Å²) in [5, 5.41) is 9.44. The summed E-state index contributed by atoms with van der Waals surface area (Å²) in [6.07, 6.45) is 6.40. The van der Waals surface area contributed by atoms with E-state index in [2.05, 4.69) is 43.9 Å². The Balaban J connectivity index is 2.27. The highest BCUT2D eigenvalue weighted by molar-refractivity contribution is 5.61. The van der Waals surface area contributed by atoms with Crippen LogP contribution in [0, 0.1) is 24.2 Å². The lowest BCUT2D eigenvalue weighted by molar-refractivity contribution is 0.528. The first-order valence-electron chi connectivity index (χ1n) is 7.89. The summed E-state index contributed by atoms with van der Waals surface area (Å²) >= 11 is 0. The Labute approximate surface area is 123 Å². The van der Waals surface area contributed by atoms with E-state index in [-0.39, 0.29) is 0 Å². The van der Waals surface area contributed by atoms with Crippen LogP contribution in [0.2, 0.25) is 0 Å². The van der Waals surface area contributed by atoms with Gasteiger partial charge in [0.15, 0.2) is 0 Å². The molecule has 1 saturated carbocycles. The third kappa shape index (κ3) is 3.54. The van der Waals surface area contributed by atoms with E-state index in [0.29, 0.717) is 12.0 Å². The zero-order valence-corrected chi connectivity index (χ0v) is 13.0. The van der Waals surface area contributed by atoms with Gasteiger partial charge in [0.05, 0.1) is 11.3 Å². The fourth-order valence-electron chi connectivity index (χ4n) is 3.10. The zero-order valence-electron chi connectivity index (χ0n) is 13.0. The first-order chi connectivity index (χ1) is 9.61. The van der Waals surface area contributed by atoms with Gasteiger partial charge in [0, 0.05) is 12.6 Å². The van der Waals surface area contributed by atoms with Gasteiger partial charge in [0.1, 0.15) is 6.07 Å². The summed E-state index contributed by atoms with van der Waals surface area (Å²) in [6, 6.07) is 9.31. The number of rotatable bonds is 5. The molecule has 1 aromatic rings. The molecule has 2 rings (SSSR count). The lowest BCUT2D eigenvalue weighted by Crippen LogP contribution is -2.35. The van der Waals surface area contributed by atoms with Gasteiger partial charge >= 0.3 is 0 Å². The minimum absolute atomic E-state index is 0.628. The zero-order chi connectivity index (χ0) is 14.5.